The van der Waals surface area contributed by atoms with Crippen molar-refractivity contribution in [2.24, 2.45) is 5.92 Å². The van der Waals surface area contributed by atoms with Crippen LogP contribution in [0.15, 0.2) is 24.3 Å². The SMILES string of the molecule is CCOC(=O)c1cc2n(n1)C[C@](C)(C(=O)NC1CCC(C)CC1)N(c1cccc(Cl)c1C)C2=O. The van der Waals surface area contributed by atoms with Crippen LogP contribution in [0, 0.1) is 12.8 Å². The number of benzene rings is 1. The fraction of sp³-hybridized carbons (Fsp3) is 0.520. The molecule has 1 aliphatic carbocycles. The monoisotopic (exact) mass is 486 g/mol. The van der Waals surface area contributed by atoms with Crippen molar-refractivity contribution in [3.05, 3.63) is 46.2 Å². The molecular weight excluding hydrogens is 456 g/mol. The van der Waals surface area contributed by atoms with Crippen molar-refractivity contribution in [2.45, 2.75) is 71.5 Å². The minimum atomic E-state index is -1.28. The minimum absolute atomic E-state index is 0.0406. The van der Waals surface area contributed by atoms with Crippen molar-refractivity contribution in [1.82, 2.24) is 15.1 Å². The van der Waals surface area contributed by atoms with E-state index in [-0.39, 0.29) is 36.5 Å². The second kappa shape index (κ2) is 9.41. The van der Waals surface area contributed by atoms with Gasteiger partial charge < -0.3 is 10.1 Å². The van der Waals surface area contributed by atoms with Gasteiger partial charge in [0.05, 0.1) is 13.2 Å². The third-order valence-electron chi connectivity index (χ3n) is 6.96. The van der Waals surface area contributed by atoms with Gasteiger partial charge in [-0.2, -0.15) is 5.10 Å². The van der Waals surface area contributed by atoms with Gasteiger partial charge in [0.25, 0.3) is 5.91 Å². The van der Waals surface area contributed by atoms with Gasteiger partial charge in [0, 0.05) is 22.8 Å². The van der Waals surface area contributed by atoms with E-state index >= 15 is 0 Å². The zero-order valence-electron chi connectivity index (χ0n) is 20.1. The number of hydrogen-bond donors (Lipinski definition) is 1. The van der Waals surface area contributed by atoms with E-state index in [0.717, 1.165) is 25.7 Å². The fourth-order valence-electron chi connectivity index (χ4n) is 4.85. The van der Waals surface area contributed by atoms with E-state index in [1.165, 1.54) is 15.6 Å². The molecule has 0 radical (unpaired) electrons. The first-order valence-corrected chi connectivity index (χ1v) is 12.2. The molecule has 1 aromatic heterocycles. The normalized spacial score (nSPS) is 24.5. The van der Waals surface area contributed by atoms with Gasteiger partial charge in [0.15, 0.2) is 5.69 Å². The van der Waals surface area contributed by atoms with E-state index in [9.17, 15) is 14.4 Å². The Morgan fingerprint density at radius 2 is 1.97 bits per heavy atom. The van der Waals surface area contributed by atoms with Gasteiger partial charge in [-0.3, -0.25) is 19.2 Å². The fourth-order valence-corrected chi connectivity index (χ4v) is 5.02. The van der Waals surface area contributed by atoms with E-state index in [2.05, 4.69) is 17.3 Å². The number of carbonyl (C=O) groups is 3. The molecule has 1 aliphatic heterocycles. The molecule has 4 rings (SSSR count). The maximum absolute atomic E-state index is 13.8. The topological polar surface area (TPSA) is 93.5 Å². The Kier molecular flexibility index (Phi) is 6.71. The van der Waals surface area contributed by atoms with E-state index < -0.39 is 17.4 Å². The second-order valence-electron chi connectivity index (χ2n) is 9.52. The summed E-state index contributed by atoms with van der Waals surface area (Å²) in [5, 5.41) is 8.00. The highest BCUT2D eigenvalue weighted by Gasteiger charge is 2.50. The number of nitrogens with zero attached hydrogens (tertiary/aromatic N) is 3. The maximum atomic E-state index is 13.8. The average Bonchev–Trinajstić information content (AvgIpc) is 3.22. The molecule has 2 amide bonds. The van der Waals surface area contributed by atoms with Crippen molar-refractivity contribution >= 4 is 35.1 Å². The molecule has 1 saturated carbocycles. The lowest BCUT2D eigenvalue weighted by molar-refractivity contribution is -0.127. The number of anilines is 1. The summed E-state index contributed by atoms with van der Waals surface area (Å²) in [6.07, 6.45) is 3.94. The van der Waals surface area contributed by atoms with Crippen molar-refractivity contribution in [3.8, 4) is 0 Å². The number of esters is 1. The highest BCUT2D eigenvalue weighted by molar-refractivity contribution is 6.32. The van der Waals surface area contributed by atoms with Crippen LogP contribution in [0.25, 0.3) is 0 Å². The molecule has 1 aromatic carbocycles. The molecule has 2 aliphatic rings. The van der Waals surface area contributed by atoms with Crippen molar-refractivity contribution in [2.75, 3.05) is 11.5 Å². The highest BCUT2D eigenvalue weighted by atomic mass is 35.5. The van der Waals surface area contributed by atoms with Crippen molar-refractivity contribution < 1.29 is 19.1 Å². The lowest BCUT2D eigenvalue weighted by Crippen LogP contribution is -2.65. The van der Waals surface area contributed by atoms with Gasteiger partial charge >= 0.3 is 5.97 Å². The number of rotatable bonds is 5. The van der Waals surface area contributed by atoms with Crippen LogP contribution in [0.4, 0.5) is 5.69 Å². The zero-order valence-corrected chi connectivity index (χ0v) is 20.8. The molecule has 9 heteroatoms. The third-order valence-corrected chi connectivity index (χ3v) is 7.37. The third kappa shape index (κ3) is 4.31. The first kappa shape index (κ1) is 24.3. The summed E-state index contributed by atoms with van der Waals surface area (Å²) in [4.78, 5) is 41.4. The number of fused-ring (bicyclic) bond motifs is 1. The Morgan fingerprint density at radius 3 is 2.65 bits per heavy atom. The van der Waals surface area contributed by atoms with E-state index in [4.69, 9.17) is 16.3 Å². The summed E-state index contributed by atoms with van der Waals surface area (Å²) in [6, 6.07) is 6.78. The quantitative estimate of drug-likeness (QED) is 0.641. The molecule has 1 atom stereocenters. The number of hydrogen-bond acceptors (Lipinski definition) is 5. The first-order valence-electron chi connectivity index (χ1n) is 11.8. The molecule has 8 nitrogen and oxygen atoms in total. The van der Waals surface area contributed by atoms with E-state index in [0.29, 0.717) is 22.2 Å². The van der Waals surface area contributed by atoms with Crippen molar-refractivity contribution in [3.63, 3.8) is 0 Å². The Balaban J connectivity index is 1.75. The van der Waals surface area contributed by atoms with Crippen LogP contribution in [-0.2, 0) is 16.1 Å². The summed E-state index contributed by atoms with van der Waals surface area (Å²) >= 11 is 6.39. The van der Waals surface area contributed by atoms with Gasteiger partial charge in [0.1, 0.15) is 11.2 Å². The van der Waals surface area contributed by atoms with Gasteiger partial charge in [-0.15, -0.1) is 0 Å². The standard InChI is InChI=1S/C25H31ClN4O4/c1-5-34-23(32)19-13-21-22(31)30(20-8-6-7-18(26)16(20)3)25(4,14-29(21)28-19)24(33)27-17-11-9-15(2)10-12-17/h6-8,13,15,17H,5,9-12,14H2,1-4H3,(H,27,33)/t15?,17?,25-/m1/s1. The second-order valence-corrected chi connectivity index (χ2v) is 9.93. The molecule has 1 fully saturated rings. The Labute approximate surface area is 204 Å². The maximum Gasteiger partial charge on any atom is 0.358 e. The van der Waals surface area contributed by atoms with Crippen LogP contribution < -0.4 is 10.2 Å². The molecule has 0 bridgehead atoms. The molecule has 2 aromatic rings. The van der Waals surface area contributed by atoms with E-state index in [1.54, 1.807) is 32.0 Å². The number of amides is 2. The summed E-state index contributed by atoms with van der Waals surface area (Å²) in [5.41, 5.74) is 0.234. The van der Waals surface area contributed by atoms with Gasteiger partial charge in [0.2, 0.25) is 5.91 Å². The van der Waals surface area contributed by atoms with Crippen LogP contribution in [0.3, 0.4) is 0 Å². The van der Waals surface area contributed by atoms with Crippen LogP contribution >= 0.6 is 11.6 Å². The number of nitrogens with one attached hydrogen (secondary N) is 1. The predicted molar refractivity (Wildman–Crippen MR) is 129 cm³/mol. The Morgan fingerprint density at radius 1 is 1.26 bits per heavy atom. The first-order chi connectivity index (χ1) is 16.2. The molecule has 0 saturated heterocycles. The average molecular weight is 487 g/mol. The molecule has 34 heavy (non-hydrogen) atoms. The minimum Gasteiger partial charge on any atom is -0.461 e. The predicted octanol–water partition coefficient (Wildman–Crippen LogP) is 4.14. The molecule has 1 N–H and O–H groups in total. The largest absolute Gasteiger partial charge is 0.461 e. The van der Waals surface area contributed by atoms with Crippen LogP contribution in [0.5, 0.6) is 0 Å². The van der Waals surface area contributed by atoms with Crippen LogP contribution in [-0.4, -0.2) is 45.8 Å². The van der Waals surface area contributed by atoms with Crippen LogP contribution in [0.2, 0.25) is 5.02 Å². The highest BCUT2D eigenvalue weighted by Crippen LogP contribution is 2.37. The van der Waals surface area contributed by atoms with Crippen molar-refractivity contribution in [1.29, 1.82) is 0 Å². The van der Waals surface area contributed by atoms with Gasteiger partial charge in [-0.1, -0.05) is 24.6 Å². The smallest absolute Gasteiger partial charge is 0.358 e. The summed E-state index contributed by atoms with van der Waals surface area (Å²) in [6.45, 7) is 7.78. The lowest BCUT2D eigenvalue weighted by atomic mass is 9.86. The number of carbonyl (C=O) groups excluding carboxylic acids is 3. The lowest BCUT2D eigenvalue weighted by Gasteiger charge is -2.44. The molecule has 0 unspecified atom stereocenters. The van der Waals surface area contributed by atoms with Gasteiger partial charge in [-0.25, -0.2) is 4.79 Å². The Hall–Kier alpha value is -2.87. The van der Waals surface area contributed by atoms with Crippen LogP contribution in [0.1, 0.15) is 73.0 Å². The number of aromatic nitrogens is 2. The summed E-state index contributed by atoms with van der Waals surface area (Å²) in [7, 11) is 0. The summed E-state index contributed by atoms with van der Waals surface area (Å²) in [5.74, 6) is -0.628. The van der Waals surface area contributed by atoms with Gasteiger partial charge in [-0.05, 0) is 70.1 Å². The van der Waals surface area contributed by atoms with E-state index in [1.807, 2.05) is 6.92 Å². The summed E-state index contributed by atoms with van der Waals surface area (Å²) < 4.78 is 6.50. The molecular formula is C25H31ClN4O4. The zero-order chi connectivity index (χ0) is 24.6. The molecule has 0 spiro atoms. The molecule has 182 valence electrons. The number of halogens is 1. The Bertz CT molecular complexity index is 1120. The molecule has 2 heterocycles. The number of ether oxygens (including phenoxy) is 1.